The van der Waals surface area contributed by atoms with Crippen molar-refractivity contribution in [1.82, 2.24) is 4.90 Å². The first-order valence-corrected chi connectivity index (χ1v) is 6.92. The topological polar surface area (TPSA) is 49.8 Å². The average Bonchev–Trinajstić information content (AvgIpc) is 2.90. The zero-order valence-corrected chi connectivity index (χ0v) is 11.3. The lowest BCUT2D eigenvalue weighted by Crippen LogP contribution is -2.31. The van der Waals surface area contributed by atoms with Crippen LogP contribution >= 0.6 is 0 Å². The van der Waals surface area contributed by atoms with Crippen LogP contribution in [0.25, 0.3) is 0 Å². The van der Waals surface area contributed by atoms with E-state index >= 15 is 0 Å². The van der Waals surface area contributed by atoms with Crippen LogP contribution in [0.2, 0.25) is 0 Å². The van der Waals surface area contributed by atoms with E-state index in [1.807, 2.05) is 36.1 Å². The third-order valence-corrected chi connectivity index (χ3v) is 3.39. The van der Waals surface area contributed by atoms with Crippen LogP contribution in [0.3, 0.4) is 0 Å². The van der Waals surface area contributed by atoms with E-state index in [2.05, 4.69) is 0 Å². The summed E-state index contributed by atoms with van der Waals surface area (Å²) in [7, 11) is 0. The van der Waals surface area contributed by atoms with Crippen LogP contribution in [0.15, 0.2) is 24.3 Å². The van der Waals surface area contributed by atoms with Crippen molar-refractivity contribution in [2.75, 3.05) is 19.7 Å². The number of carbonyl (C=O) groups is 1. The fraction of sp³-hybridized carbons (Fsp3) is 0.533. The number of carboxylic acids is 1. The monoisotopic (exact) mass is 263 g/mol. The zero-order valence-electron chi connectivity index (χ0n) is 11.3. The second-order valence-corrected chi connectivity index (χ2v) is 4.90. The molecule has 1 aromatic rings. The first kappa shape index (κ1) is 13.9. The maximum atomic E-state index is 11.5. The van der Waals surface area contributed by atoms with Gasteiger partial charge >= 0.3 is 5.97 Å². The van der Waals surface area contributed by atoms with Crippen molar-refractivity contribution in [3.63, 3.8) is 0 Å². The molecule has 1 atom stereocenters. The van der Waals surface area contributed by atoms with E-state index in [0.29, 0.717) is 6.61 Å². The number of ether oxygens (including phenoxy) is 1. The molecule has 0 amide bonds. The lowest BCUT2D eigenvalue weighted by molar-refractivity contribution is -0.143. The molecular weight excluding hydrogens is 242 g/mol. The highest BCUT2D eigenvalue weighted by molar-refractivity contribution is 5.75. The molecule has 2 rings (SSSR count). The van der Waals surface area contributed by atoms with Crippen molar-refractivity contribution in [2.45, 2.75) is 32.2 Å². The fourth-order valence-corrected chi connectivity index (χ4v) is 2.50. The molecule has 4 nitrogen and oxygen atoms in total. The van der Waals surface area contributed by atoms with Crippen LogP contribution in [0.1, 0.15) is 37.8 Å². The Balaban J connectivity index is 2.18. The molecule has 1 aliphatic heterocycles. The fourth-order valence-electron chi connectivity index (χ4n) is 2.50. The molecule has 4 heteroatoms. The molecule has 0 aliphatic carbocycles. The number of rotatable bonds is 6. The number of nitrogens with zero attached hydrogens (tertiary/aromatic N) is 1. The molecule has 1 aromatic carbocycles. The summed E-state index contributed by atoms with van der Waals surface area (Å²) in [5.41, 5.74) is 0.808. The maximum absolute atomic E-state index is 11.5. The normalized spacial score (nSPS) is 17.3. The van der Waals surface area contributed by atoms with Crippen LogP contribution in [0, 0.1) is 0 Å². The van der Waals surface area contributed by atoms with Crippen LogP contribution in [0.4, 0.5) is 0 Å². The van der Waals surface area contributed by atoms with Gasteiger partial charge < -0.3 is 9.84 Å². The summed E-state index contributed by atoms with van der Waals surface area (Å²) in [4.78, 5) is 13.6. The van der Waals surface area contributed by atoms with Crippen molar-refractivity contribution >= 4 is 5.97 Å². The molecule has 1 fully saturated rings. The third kappa shape index (κ3) is 3.47. The Morgan fingerprint density at radius 3 is 2.79 bits per heavy atom. The van der Waals surface area contributed by atoms with Gasteiger partial charge in [-0.2, -0.15) is 0 Å². The molecule has 0 bridgehead atoms. The number of hydrogen-bond donors (Lipinski definition) is 1. The van der Waals surface area contributed by atoms with Gasteiger partial charge in [-0.3, -0.25) is 9.69 Å². The highest BCUT2D eigenvalue weighted by Crippen LogP contribution is 2.27. The molecule has 0 aromatic heterocycles. The molecule has 0 radical (unpaired) electrons. The van der Waals surface area contributed by atoms with Gasteiger partial charge in [0.15, 0.2) is 0 Å². The van der Waals surface area contributed by atoms with Gasteiger partial charge in [-0.05, 0) is 50.0 Å². The Kier molecular flexibility index (Phi) is 4.80. The Labute approximate surface area is 114 Å². The van der Waals surface area contributed by atoms with Gasteiger partial charge in [-0.15, -0.1) is 0 Å². The Bertz CT molecular complexity index is 427. The van der Waals surface area contributed by atoms with Gasteiger partial charge in [-0.1, -0.05) is 19.1 Å². The summed E-state index contributed by atoms with van der Waals surface area (Å²) < 4.78 is 5.58. The van der Waals surface area contributed by atoms with Gasteiger partial charge in [0, 0.05) is 0 Å². The highest BCUT2D eigenvalue weighted by atomic mass is 16.5. The SMILES string of the molecule is CCCOc1cccc(C(C(=O)O)N2CCCC2)c1. The zero-order chi connectivity index (χ0) is 13.7. The molecule has 1 saturated heterocycles. The summed E-state index contributed by atoms with van der Waals surface area (Å²) in [5.74, 6) is -0.0284. The van der Waals surface area contributed by atoms with Gasteiger partial charge in [0.05, 0.1) is 6.61 Å². The lowest BCUT2D eigenvalue weighted by atomic mass is 10.1. The minimum atomic E-state index is -0.783. The first-order chi connectivity index (χ1) is 9.22. The van der Waals surface area contributed by atoms with E-state index in [1.165, 1.54) is 0 Å². The number of hydrogen-bond acceptors (Lipinski definition) is 3. The number of aliphatic carboxylic acids is 1. The summed E-state index contributed by atoms with van der Waals surface area (Å²) in [6, 6.07) is 6.92. The van der Waals surface area contributed by atoms with Gasteiger partial charge in [0.1, 0.15) is 11.8 Å². The van der Waals surface area contributed by atoms with E-state index in [0.717, 1.165) is 43.7 Å². The summed E-state index contributed by atoms with van der Waals surface area (Å²) in [5, 5.41) is 9.47. The third-order valence-electron chi connectivity index (χ3n) is 3.39. The second-order valence-electron chi connectivity index (χ2n) is 4.90. The van der Waals surface area contributed by atoms with Crippen LogP contribution in [0.5, 0.6) is 5.75 Å². The molecule has 0 saturated carbocycles. The Hall–Kier alpha value is -1.55. The number of benzene rings is 1. The molecule has 1 heterocycles. The molecule has 19 heavy (non-hydrogen) atoms. The van der Waals surface area contributed by atoms with Crippen molar-refractivity contribution in [2.24, 2.45) is 0 Å². The lowest BCUT2D eigenvalue weighted by Gasteiger charge is -2.24. The Morgan fingerprint density at radius 1 is 1.42 bits per heavy atom. The highest BCUT2D eigenvalue weighted by Gasteiger charge is 2.29. The molecule has 1 aliphatic rings. The summed E-state index contributed by atoms with van der Waals surface area (Å²) in [6.07, 6.45) is 3.10. The average molecular weight is 263 g/mol. The predicted molar refractivity (Wildman–Crippen MR) is 73.4 cm³/mol. The minimum Gasteiger partial charge on any atom is -0.494 e. The van der Waals surface area contributed by atoms with Crippen molar-refractivity contribution in [1.29, 1.82) is 0 Å². The van der Waals surface area contributed by atoms with Crippen LogP contribution in [-0.4, -0.2) is 35.7 Å². The van der Waals surface area contributed by atoms with Crippen molar-refractivity contribution in [3.05, 3.63) is 29.8 Å². The number of likely N-dealkylation sites (tertiary alicyclic amines) is 1. The molecule has 104 valence electrons. The molecule has 1 unspecified atom stereocenters. The van der Waals surface area contributed by atoms with Crippen LogP contribution < -0.4 is 4.74 Å². The molecular formula is C15H21NO3. The summed E-state index contributed by atoms with van der Waals surface area (Å²) >= 11 is 0. The molecule has 1 N–H and O–H groups in total. The van der Waals surface area contributed by atoms with Gasteiger partial charge in [-0.25, -0.2) is 0 Å². The van der Waals surface area contributed by atoms with Crippen molar-refractivity contribution in [3.8, 4) is 5.75 Å². The standard InChI is InChI=1S/C15H21NO3/c1-2-10-19-13-7-5-6-12(11-13)14(15(17)18)16-8-3-4-9-16/h5-7,11,14H,2-4,8-10H2,1H3,(H,17,18). The number of carboxylic acid groups (broad SMARTS) is 1. The van der Waals surface area contributed by atoms with Crippen molar-refractivity contribution < 1.29 is 14.6 Å². The van der Waals surface area contributed by atoms with E-state index in [9.17, 15) is 9.90 Å². The predicted octanol–water partition coefficient (Wildman–Crippen LogP) is 2.70. The van der Waals surface area contributed by atoms with E-state index in [-0.39, 0.29) is 0 Å². The summed E-state index contributed by atoms with van der Waals surface area (Å²) in [6.45, 7) is 4.42. The quantitative estimate of drug-likeness (QED) is 0.857. The largest absolute Gasteiger partial charge is 0.494 e. The van der Waals surface area contributed by atoms with E-state index in [1.54, 1.807) is 0 Å². The first-order valence-electron chi connectivity index (χ1n) is 6.92. The maximum Gasteiger partial charge on any atom is 0.325 e. The minimum absolute atomic E-state index is 0.548. The van der Waals surface area contributed by atoms with E-state index < -0.39 is 12.0 Å². The van der Waals surface area contributed by atoms with E-state index in [4.69, 9.17) is 4.74 Å². The second kappa shape index (κ2) is 6.57. The molecule has 0 spiro atoms. The van der Waals surface area contributed by atoms with Crippen LogP contribution in [-0.2, 0) is 4.79 Å². The smallest absolute Gasteiger partial charge is 0.325 e. The Morgan fingerprint density at radius 2 is 2.16 bits per heavy atom. The van der Waals surface area contributed by atoms with Gasteiger partial charge in [0.2, 0.25) is 0 Å². The van der Waals surface area contributed by atoms with Gasteiger partial charge in [0.25, 0.3) is 0 Å².